The highest BCUT2D eigenvalue weighted by atomic mass is 16.5. The minimum Gasteiger partial charge on any atom is -0.497 e. The van der Waals surface area contributed by atoms with Crippen LogP contribution in [0.4, 0.5) is 0 Å². The van der Waals surface area contributed by atoms with Crippen molar-refractivity contribution in [3.05, 3.63) is 29.8 Å². The summed E-state index contributed by atoms with van der Waals surface area (Å²) in [6.45, 7) is 2.33. The van der Waals surface area contributed by atoms with E-state index in [9.17, 15) is 0 Å². The van der Waals surface area contributed by atoms with Crippen molar-refractivity contribution in [3.8, 4) is 5.75 Å². The van der Waals surface area contributed by atoms with Crippen LogP contribution in [0.1, 0.15) is 57.4 Å². The molecule has 20 heavy (non-hydrogen) atoms. The summed E-state index contributed by atoms with van der Waals surface area (Å²) in [7, 11) is 1.72. The summed E-state index contributed by atoms with van der Waals surface area (Å²) in [5.41, 5.74) is 1.40. The van der Waals surface area contributed by atoms with Gasteiger partial charge in [-0.15, -0.1) is 0 Å². The molecule has 2 nitrogen and oxygen atoms in total. The number of benzene rings is 1. The summed E-state index contributed by atoms with van der Waals surface area (Å²) in [6, 6.07) is 9.83. The molecule has 0 heterocycles. The largest absolute Gasteiger partial charge is 0.497 e. The lowest BCUT2D eigenvalue weighted by Crippen LogP contribution is -2.36. The number of aryl methyl sites for hydroxylation is 1. The number of rotatable bonds is 6. The average Bonchev–Trinajstić information content (AvgIpc) is 2.74. The molecule has 1 aliphatic rings. The van der Waals surface area contributed by atoms with Gasteiger partial charge in [-0.25, -0.2) is 0 Å². The summed E-state index contributed by atoms with van der Waals surface area (Å²) < 4.78 is 5.19. The Hall–Kier alpha value is -1.02. The fourth-order valence-electron chi connectivity index (χ4n) is 3.11. The van der Waals surface area contributed by atoms with Crippen molar-refractivity contribution in [2.75, 3.05) is 7.11 Å². The van der Waals surface area contributed by atoms with Crippen molar-refractivity contribution >= 4 is 0 Å². The zero-order valence-corrected chi connectivity index (χ0v) is 13.0. The first-order valence-electron chi connectivity index (χ1n) is 8.17. The summed E-state index contributed by atoms with van der Waals surface area (Å²) in [5, 5.41) is 3.83. The maximum Gasteiger partial charge on any atom is 0.118 e. The van der Waals surface area contributed by atoms with E-state index in [1.807, 2.05) is 0 Å². The van der Waals surface area contributed by atoms with Gasteiger partial charge < -0.3 is 10.1 Å². The van der Waals surface area contributed by atoms with Crippen LogP contribution in [0.2, 0.25) is 0 Å². The van der Waals surface area contributed by atoms with Gasteiger partial charge in [0.1, 0.15) is 5.75 Å². The van der Waals surface area contributed by atoms with Crippen LogP contribution in [0, 0.1) is 0 Å². The molecule has 112 valence electrons. The third-order valence-electron chi connectivity index (χ3n) is 4.40. The summed E-state index contributed by atoms with van der Waals surface area (Å²) in [4.78, 5) is 0. The van der Waals surface area contributed by atoms with Crippen LogP contribution in [-0.4, -0.2) is 19.2 Å². The molecule has 1 aliphatic carbocycles. The quantitative estimate of drug-likeness (QED) is 0.780. The van der Waals surface area contributed by atoms with E-state index >= 15 is 0 Å². The second kappa shape index (κ2) is 8.31. The van der Waals surface area contributed by atoms with Gasteiger partial charge in [-0.1, -0.05) is 37.8 Å². The summed E-state index contributed by atoms with van der Waals surface area (Å²) in [5.74, 6) is 0.943. The predicted octanol–water partition coefficient (Wildman–Crippen LogP) is 4.33. The lowest BCUT2D eigenvalue weighted by atomic mass is 10.0. The Bertz CT molecular complexity index is 366. The van der Waals surface area contributed by atoms with E-state index in [1.54, 1.807) is 7.11 Å². The van der Waals surface area contributed by atoms with Gasteiger partial charge in [-0.2, -0.15) is 0 Å². The molecule has 1 fully saturated rings. The molecule has 0 saturated heterocycles. The van der Waals surface area contributed by atoms with Crippen LogP contribution in [0.25, 0.3) is 0 Å². The highest BCUT2D eigenvalue weighted by molar-refractivity contribution is 5.27. The third kappa shape index (κ3) is 5.16. The first kappa shape index (κ1) is 15.4. The monoisotopic (exact) mass is 275 g/mol. The first-order chi connectivity index (χ1) is 9.78. The lowest BCUT2D eigenvalue weighted by molar-refractivity contribution is 0.394. The first-order valence-corrected chi connectivity index (χ1v) is 8.17. The van der Waals surface area contributed by atoms with Gasteiger partial charge in [0.2, 0.25) is 0 Å². The molecule has 1 N–H and O–H groups in total. The van der Waals surface area contributed by atoms with E-state index < -0.39 is 0 Å². The Labute approximate surface area is 123 Å². The Morgan fingerprint density at radius 1 is 1.10 bits per heavy atom. The molecule has 1 atom stereocenters. The van der Waals surface area contributed by atoms with E-state index in [4.69, 9.17) is 4.74 Å². The number of ether oxygens (including phenoxy) is 1. The lowest BCUT2D eigenvalue weighted by Gasteiger charge is -2.22. The Balaban J connectivity index is 1.71. The molecule has 0 aromatic heterocycles. The van der Waals surface area contributed by atoms with Crippen LogP contribution >= 0.6 is 0 Å². The summed E-state index contributed by atoms with van der Waals surface area (Å²) in [6.07, 6.45) is 10.8. The summed E-state index contributed by atoms with van der Waals surface area (Å²) >= 11 is 0. The molecule has 1 aromatic rings. The minimum atomic E-state index is 0.611. The molecule has 0 aliphatic heterocycles. The van der Waals surface area contributed by atoms with E-state index in [-0.39, 0.29) is 0 Å². The van der Waals surface area contributed by atoms with Gasteiger partial charge in [0.05, 0.1) is 7.11 Å². The zero-order chi connectivity index (χ0) is 14.2. The SMILES string of the molecule is COc1ccc(CC[C@H](C)NC2CCCCCC2)cc1. The standard InChI is InChI=1S/C18H29NO/c1-15(19-17-7-5-3-4-6-8-17)9-10-16-11-13-18(20-2)14-12-16/h11-15,17,19H,3-10H2,1-2H3/t15-/m0/s1. The van der Waals surface area contributed by atoms with E-state index in [1.165, 1.54) is 50.5 Å². The highest BCUT2D eigenvalue weighted by Crippen LogP contribution is 2.18. The second-order valence-electron chi connectivity index (χ2n) is 6.14. The van der Waals surface area contributed by atoms with Crippen molar-refractivity contribution in [2.45, 2.75) is 70.4 Å². The molecule has 0 spiro atoms. The average molecular weight is 275 g/mol. The van der Waals surface area contributed by atoms with Crippen molar-refractivity contribution < 1.29 is 4.74 Å². The van der Waals surface area contributed by atoms with E-state index in [0.717, 1.165) is 18.2 Å². The van der Waals surface area contributed by atoms with Crippen molar-refractivity contribution in [1.82, 2.24) is 5.32 Å². The smallest absolute Gasteiger partial charge is 0.118 e. The Kier molecular flexibility index (Phi) is 6.38. The zero-order valence-electron chi connectivity index (χ0n) is 13.0. The van der Waals surface area contributed by atoms with Crippen LogP contribution < -0.4 is 10.1 Å². The van der Waals surface area contributed by atoms with Crippen LogP contribution in [0.3, 0.4) is 0 Å². The van der Waals surface area contributed by atoms with Gasteiger partial charge in [-0.3, -0.25) is 0 Å². The fraction of sp³-hybridized carbons (Fsp3) is 0.667. The topological polar surface area (TPSA) is 21.3 Å². The minimum absolute atomic E-state index is 0.611. The van der Waals surface area contributed by atoms with Crippen molar-refractivity contribution in [3.63, 3.8) is 0 Å². The predicted molar refractivity (Wildman–Crippen MR) is 85.4 cm³/mol. The van der Waals surface area contributed by atoms with Crippen molar-refractivity contribution in [1.29, 1.82) is 0 Å². The maximum atomic E-state index is 5.19. The van der Waals surface area contributed by atoms with Crippen molar-refractivity contribution in [2.24, 2.45) is 0 Å². The van der Waals surface area contributed by atoms with Crippen LogP contribution in [0.15, 0.2) is 24.3 Å². The molecule has 0 unspecified atom stereocenters. The van der Waals surface area contributed by atoms with Gasteiger partial charge in [0.25, 0.3) is 0 Å². The van der Waals surface area contributed by atoms with Gasteiger partial charge in [-0.05, 0) is 50.3 Å². The normalized spacial score (nSPS) is 18.5. The third-order valence-corrected chi connectivity index (χ3v) is 4.40. The van der Waals surface area contributed by atoms with Gasteiger partial charge in [0, 0.05) is 12.1 Å². The van der Waals surface area contributed by atoms with E-state index in [2.05, 4.69) is 36.5 Å². The van der Waals surface area contributed by atoms with Crippen LogP contribution in [0.5, 0.6) is 5.75 Å². The fourth-order valence-corrected chi connectivity index (χ4v) is 3.11. The second-order valence-corrected chi connectivity index (χ2v) is 6.14. The molecule has 2 heteroatoms. The molecule has 1 aromatic carbocycles. The highest BCUT2D eigenvalue weighted by Gasteiger charge is 2.14. The van der Waals surface area contributed by atoms with Gasteiger partial charge >= 0.3 is 0 Å². The number of hydrogen-bond acceptors (Lipinski definition) is 2. The number of nitrogens with one attached hydrogen (secondary N) is 1. The number of hydrogen-bond donors (Lipinski definition) is 1. The molecule has 1 saturated carbocycles. The number of methoxy groups -OCH3 is 1. The Morgan fingerprint density at radius 2 is 1.75 bits per heavy atom. The molecule has 0 bridgehead atoms. The van der Waals surface area contributed by atoms with Gasteiger partial charge in [0.15, 0.2) is 0 Å². The van der Waals surface area contributed by atoms with E-state index in [0.29, 0.717) is 6.04 Å². The molecule has 0 radical (unpaired) electrons. The molecular formula is C18H29NO. The molecular weight excluding hydrogens is 246 g/mol. The molecule has 0 amide bonds. The van der Waals surface area contributed by atoms with Crippen LogP contribution in [-0.2, 0) is 6.42 Å². The molecule has 2 rings (SSSR count). The Morgan fingerprint density at radius 3 is 2.35 bits per heavy atom. The maximum absolute atomic E-state index is 5.19.